The average molecular weight is 255 g/mol. The van der Waals surface area contributed by atoms with Gasteiger partial charge in [0.15, 0.2) is 0 Å². The summed E-state index contributed by atoms with van der Waals surface area (Å²) in [7, 11) is 1.68. The topological polar surface area (TPSA) is 31.4 Å². The number of nitrogens with zero attached hydrogens (tertiary/aromatic N) is 1. The Balaban J connectivity index is 1.72. The summed E-state index contributed by atoms with van der Waals surface area (Å²) in [6.07, 6.45) is 5.78. The predicted octanol–water partition coefficient (Wildman–Crippen LogP) is 2.88. The molecule has 3 nitrogen and oxygen atoms in total. The van der Waals surface area contributed by atoms with E-state index in [1.165, 1.54) is 11.1 Å². The summed E-state index contributed by atoms with van der Waals surface area (Å²) in [4.78, 5) is 4.05. The Morgan fingerprint density at radius 3 is 2.89 bits per heavy atom. The van der Waals surface area contributed by atoms with E-state index in [1.54, 1.807) is 7.11 Å². The van der Waals surface area contributed by atoms with Gasteiger partial charge in [-0.05, 0) is 42.2 Å². The maximum Gasteiger partial charge on any atom is 0.126 e. The monoisotopic (exact) mass is 255 g/mol. The first-order valence-electron chi connectivity index (χ1n) is 6.54. The van der Waals surface area contributed by atoms with Gasteiger partial charge in [-0.25, -0.2) is 0 Å². The van der Waals surface area contributed by atoms with E-state index in [4.69, 9.17) is 9.47 Å². The summed E-state index contributed by atoms with van der Waals surface area (Å²) in [5.74, 6) is 2.35. The van der Waals surface area contributed by atoms with Crippen LogP contribution in [0.1, 0.15) is 11.1 Å². The Morgan fingerprint density at radius 1 is 1.26 bits per heavy atom. The summed E-state index contributed by atoms with van der Waals surface area (Å²) in [6, 6.07) is 10.2. The molecule has 0 unspecified atom stereocenters. The highest BCUT2D eigenvalue weighted by molar-refractivity contribution is 5.42. The fraction of sp³-hybridized carbons (Fsp3) is 0.312. The van der Waals surface area contributed by atoms with E-state index in [2.05, 4.69) is 23.2 Å². The Bertz CT molecular complexity index is 554. The van der Waals surface area contributed by atoms with Crippen molar-refractivity contribution < 1.29 is 9.47 Å². The molecule has 19 heavy (non-hydrogen) atoms. The zero-order valence-corrected chi connectivity index (χ0v) is 11.0. The second-order valence-electron chi connectivity index (χ2n) is 4.91. The molecule has 98 valence electrons. The van der Waals surface area contributed by atoms with Crippen LogP contribution in [0.4, 0.5) is 0 Å². The number of rotatable bonds is 3. The smallest absolute Gasteiger partial charge is 0.126 e. The molecule has 2 heterocycles. The van der Waals surface area contributed by atoms with Crippen LogP contribution in [0, 0.1) is 5.92 Å². The molecule has 0 N–H and O–H groups in total. The Morgan fingerprint density at radius 2 is 2.11 bits per heavy atom. The molecule has 0 amide bonds. The van der Waals surface area contributed by atoms with Crippen molar-refractivity contribution in [2.45, 2.75) is 12.8 Å². The lowest BCUT2D eigenvalue weighted by Crippen LogP contribution is -2.22. The molecule has 1 aromatic carbocycles. The molecule has 0 saturated heterocycles. The van der Waals surface area contributed by atoms with Gasteiger partial charge in [0, 0.05) is 24.4 Å². The molecule has 0 aliphatic carbocycles. The quantitative estimate of drug-likeness (QED) is 0.845. The molecule has 0 radical (unpaired) electrons. The summed E-state index contributed by atoms with van der Waals surface area (Å²) in [5.41, 5.74) is 2.59. The van der Waals surface area contributed by atoms with Crippen LogP contribution < -0.4 is 9.47 Å². The lowest BCUT2D eigenvalue weighted by atomic mass is 9.91. The largest absolute Gasteiger partial charge is 0.497 e. The SMILES string of the molecule is COc1ccc2c(c1)OC[C@@H](Cc1ccncc1)C2. The van der Waals surface area contributed by atoms with Crippen LogP contribution in [0.25, 0.3) is 0 Å². The van der Waals surface area contributed by atoms with E-state index in [9.17, 15) is 0 Å². The van der Waals surface area contributed by atoms with Crippen molar-refractivity contribution in [3.8, 4) is 11.5 Å². The van der Waals surface area contributed by atoms with Crippen molar-refractivity contribution in [2.75, 3.05) is 13.7 Å². The summed E-state index contributed by atoms with van der Waals surface area (Å²) < 4.78 is 11.1. The van der Waals surface area contributed by atoms with E-state index in [0.29, 0.717) is 5.92 Å². The molecule has 2 aromatic rings. The van der Waals surface area contributed by atoms with Gasteiger partial charge in [-0.2, -0.15) is 0 Å². The Hall–Kier alpha value is -2.03. The van der Waals surface area contributed by atoms with E-state index in [-0.39, 0.29) is 0 Å². The van der Waals surface area contributed by atoms with Gasteiger partial charge < -0.3 is 9.47 Å². The second-order valence-corrected chi connectivity index (χ2v) is 4.91. The number of hydrogen-bond donors (Lipinski definition) is 0. The van der Waals surface area contributed by atoms with Gasteiger partial charge in [0.2, 0.25) is 0 Å². The molecule has 3 rings (SSSR count). The van der Waals surface area contributed by atoms with Crippen LogP contribution in [0.2, 0.25) is 0 Å². The summed E-state index contributed by atoms with van der Waals surface area (Å²) in [5, 5.41) is 0. The highest BCUT2D eigenvalue weighted by Gasteiger charge is 2.20. The van der Waals surface area contributed by atoms with E-state index in [1.807, 2.05) is 24.5 Å². The third-order valence-electron chi connectivity index (χ3n) is 3.53. The second kappa shape index (κ2) is 5.31. The summed E-state index contributed by atoms with van der Waals surface area (Å²) in [6.45, 7) is 0.766. The molecule has 1 aliphatic heterocycles. The lowest BCUT2D eigenvalue weighted by molar-refractivity contribution is 0.220. The maximum atomic E-state index is 5.86. The number of aromatic nitrogens is 1. The number of benzene rings is 1. The van der Waals surface area contributed by atoms with Gasteiger partial charge in [-0.15, -0.1) is 0 Å². The Labute approximate surface area is 113 Å². The molecule has 1 aliphatic rings. The molecule has 1 aromatic heterocycles. The molecule has 0 spiro atoms. The van der Waals surface area contributed by atoms with Gasteiger partial charge in [-0.3, -0.25) is 4.98 Å². The minimum absolute atomic E-state index is 0.531. The van der Waals surface area contributed by atoms with Crippen molar-refractivity contribution in [1.29, 1.82) is 0 Å². The first kappa shape index (κ1) is 12.0. The number of methoxy groups -OCH3 is 1. The van der Waals surface area contributed by atoms with Crippen LogP contribution >= 0.6 is 0 Å². The molecule has 1 atom stereocenters. The number of pyridine rings is 1. The van der Waals surface area contributed by atoms with Crippen LogP contribution in [0.15, 0.2) is 42.7 Å². The average Bonchev–Trinajstić information content (AvgIpc) is 2.48. The highest BCUT2D eigenvalue weighted by Crippen LogP contribution is 2.31. The van der Waals surface area contributed by atoms with Crippen LogP contribution in [-0.2, 0) is 12.8 Å². The maximum absolute atomic E-state index is 5.86. The van der Waals surface area contributed by atoms with E-state index in [0.717, 1.165) is 30.9 Å². The zero-order chi connectivity index (χ0) is 13.1. The van der Waals surface area contributed by atoms with Gasteiger partial charge in [0.25, 0.3) is 0 Å². The third kappa shape index (κ3) is 2.70. The number of hydrogen-bond acceptors (Lipinski definition) is 3. The molecule has 0 bridgehead atoms. The van der Waals surface area contributed by atoms with Gasteiger partial charge in [-0.1, -0.05) is 6.07 Å². The standard InChI is InChI=1S/C16H17NO2/c1-18-15-3-2-14-9-13(11-19-16(14)10-15)8-12-4-6-17-7-5-12/h2-7,10,13H,8-9,11H2,1H3/t13-/m0/s1. The van der Waals surface area contributed by atoms with Crippen molar-refractivity contribution in [3.63, 3.8) is 0 Å². The highest BCUT2D eigenvalue weighted by atomic mass is 16.5. The summed E-state index contributed by atoms with van der Waals surface area (Å²) >= 11 is 0. The van der Waals surface area contributed by atoms with Crippen LogP contribution in [-0.4, -0.2) is 18.7 Å². The molecular formula is C16H17NO2. The van der Waals surface area contributed by atoms with Crippen molar-refractivity contribution >= 4 is 0 Å². The minimum atomic E-state index is 0.531. The first-order chi connectivity index (χ1) is 9.35. The Kier molecular flexibility index (Phi) is 3.36. The molecular weight excluding hydrogens is 238 g/mol. The molecule has 3 heteroatoms. The number of fused-ring (bicyclic) bond motifs is 1. The minimum Gasteiger partial charge on any atom is -0.497 e. The lowest BCUT2D eigenvalue weighted by Gasteiger charge is -2.25. The predicted molar refractivity (Wildman–Crippen MR) is 73.6 cm³/mol. The third-order valence-corrected chi connectivity index (χ3v) is 3.53. The van der Waals surface area contributed by atoms with Crippen molar-refractivity contribution in [3.05, 3.63) is 53.9 Å². The number of ether oxygens (including phenoxy) is 2. The van der Waals surface area contributed by atoms with Crippen molar-refractivity contribution in [1.82, 2.24) is 4.98 Å². The van der Waals surface area contributed by atoms with E-state index >= 15 is 0 Å². The zero-order valence-electron chi connectivity index (χ0n) is 11.0. The molecule has 0 saturated carbocycles. The van der Waals surface area contributed by atoms with Gasteiger partial charge >= 0.3 is 0 Å². The molecule has 0 fully saturated rings. The van der Waals surface area contributed by atoms with Crippen LogP contribution in [0.3, 0.4) is 0 Å². The first-order valence-corrected chi connectivity index (χ1v) is 6.54. The fourth-order valence-electron chi connectivity index (χ4n) is 2.53. The van der Waals surface area contributed by atoms with E-state index < -0.39 is 0 Å². The van der Waals surface area contributed by atoms with Gasteiger partial charge in [0.05, 0.1) is 13.7 Å². The van der Waals surface area contributed by atoms with Crippen LogP contribution in [0.5, 0.6) is 11.5 Å². The van der Waals surface area contributed by atoms with Crippen molar-refractivity contribution in [2.24, 2.45) is 5.92 Å². The fourth-order valence-corrected chi connectivity index (χ4v) is 2.53. The normalized spacial score (nSPS) is 17.4. The van der Waals surface area contributed by atoms with Gasteiger partial charge in [0.1, 0.15) is 11.5 Å².